The van der Waals surface area contributed by atoms with Crippen molar-refractivity contribution in [3.05, 3.63) is 36.4 Å². The lowest BCUT2D eigenvalue weighted by Crippen LogP contribution is -2.33. The Balaban J connectivity index is 0.000000249. The summed E-state index contributed by atoms with van der Waals surface area (Å²) in [6, 6.07) is 11.2. The summed E-state index contributed by atoms with van der Waals surface area (Å²) >= 11 is 0. The van der Waals surface area contributed by atoms with Crippen LogP contribution in [-0.4, -0.2) is 23.7 Å². The number of primary amides is 1. The molecule has 4 N–H and O–H groups in total. The second kappa shape index (κ2) is 7.60. The number of nitrogens with one attached hydrogen (secondary N) is 1. The number of benzene rings is 1. The van der Waals surface area contributed by atoms with Crippen LogP contribution < -0.4 is 11.1 Å². The van der Waals surface area contributed by atoms with E-state index in [1.165, 1.54) is 0 Å². The van der Waals surface area contributed by atoms with Crippen molar-refractivity contribution in [2.24, 2.45) is 5.73 Å². The van der Waals surface area contributed by atoms with Crippen molar-refractivity contribution in [1.82, 2.24) is 5.32 Å². The van der Waals surface area contributed by atoms with E-state index >= 15 is 0 Å². The van der Waals surface area contributed by atoms with Gasteiger partial charge in [0.2, 0.25) is 0 Å². The SMILES string of the molecule is NC(=O)NCC(=O)O.c1ccccc1. The number of aliphatic carboxylic acids is 1. The summed E-state index contributed by atoms with van der Waals surface area (Å²) in [6.07, 6.45) is 0. The zero-order valence-corrected chi connectivity index (χ0v) is 7.51. The van der Waals surface area contributed by atoms with Crippen LogP contribution in [0.5, 0.6) is 0 Å². The number of urea groups is 1. The number of carbonyl (C=O) groups excluding carboxylic acids is 1. The molecule has 5 nitrogen and oxygen atoms in total. The standard InChI is InChI=1S/C6H6.C3H6N2O3/c1-2-4-6-5-3-1;4-3(8)5-1-2(6)7/h1-6H;1H2,(H,6,7)(H3,4,5,8). The highest BCUT2D eigenvalue weighted by atomic mass is 16.4. The van der Waals surface area contributed by atoms with Crippen LogP contribution in [0.15, 0.2) is 36.4 Å². The molecule has 0 saturated carbocycles. The van der Waals surface area contributed by atoms with E-state index in [-0.39, 0.29) is 0 Å². The van der Waals surface area contributed by atoms with Gasteiger partial charge in [0.05, 0.1) is 0 Å². The molecule has 2 amide bonds. The lowest BCUT2D eigenvalue weighted by atomic mass is 10.4. The number of nitrogens with two attached hydrogens (primary N) is 1. The molecular formula is C9H12N2O3. The fourth-order valence-electron chi connectivity index (χ4n) is 0.548. The zero-order valence-electron chi connectivity index (χ0n) is 7.51. The Morgan fingerprint density at radius 2 is 1.43 bits per heavy atom. The second-order valence-electron chi connectivity index (χ2n) is 2.27. The van der Waals surface area contributed by atoms with Gasteiger partial charge >= 0.3 is 12.0 Å². The van der Waals surface area contributed by atoms with Crippen molar-refractivity contribution < 1.29 is 14.7 Å². The summed E-state index contributed by atoms with van der Waals surface area (Å²) in [5.74, 6) is -1.11. The summed E-state index contributed by atoms with van der Waals surface area (Å²) < 4.78 is 0. The van der Waals surface area contributed by atoms with Crippen molar-refractivity contribution in [1.29, 1.82) is 0 Å². The maximum absolute atomic E-state index is 9.75. The van der Waals surface area contributed by atoms with Crippen molar-refractivity contribution in [3.8, 4) is 0 Å². The Morgan fingerprint density at radius 1 is 1.07 bits per heavy atom. The van der Waals surface area contributed by atoms with Crippen molar-refractivity contribution in [2.75, 3.05) is 6.54 Å². The lowest BCUT2D eigenvalue weighted by molar-refractivity contribution is -0.135. The van der Waals surface area contributed by atoms with E-state index in [0.717, 1.165) is 0 Å². The van der Waals surface area contributed by atoms with E-state index in [1.807, 2.05) is 41.7 Å². The molecule has 0 atom stereocenters. The highest BCUT2D eigenvalue weighted by molar-refractivity contribution is 5.78. The van der Waals surface area contributed by atoms with Crippen LogP contribution in [-0.2, 0) is 4.79 Å². The minimum atomic E-state index is -1.11. The van der Waals surface area contributed by atoms with Gasteiger partial charge in [0.15, 0.2) is 0 Å². The fourth-order valence-corrected chi connectivity index (χ4v) is 0.548. The molecule has 0 radical (unpaired) electrons. The molecule has 0 aliphatic carbocycles. The second-order valence-corrected chi connectivity index (χ2v) is 2.27. The van der Waals surface area contributed by atoms with E-state index in [9.17, 15) is 9.59 Å². The molecule has 1 aromatic rings. The summed E-state index contributed by atoms with van der Waals surface area (Å²) in [7, 11) is 0. The Hall–Kier alpha value is -2.04. The third-order valence-corrected chi connectivity index (χ3v) is 1.08. The van der Waals surface area contributed by atoms with Crippen LogP contribution in [0.4, 0.5) is 4.79 Å². The summed E-state index contributed by atoms with van der Waals surface area (Å²) in [4.78, 5) is 19.4. The van der Waals surface area contributed by atoms with Crippen LogP contribution in [0.2, 0.25) is 0 Å². The number of hydrogen-bond donors (Lipinski definition) is 3. The average Bonchev–Trinajstić information content (AvgIpc) is 2.18. The van der Waals surface area contributed by atoms with Gasteiger partial charge in [-0.1, -0.05) is 36.4 Å². The highest BCUT2D eigenvalue weighted by Gasteiger charge is 1.95. The van der Waals surface area contributed by atoms with E-state index in [2.05, 4.69) is 5.73 Å². The minimum Gasteiger partial charge on any atom is -0.480 e. The molecule has 0 saturated heterocycles. The number of carboxylic acid groups (broad SMARTS) is 1. The normalized spacial score (nSPS) is 8.00. The van der Waals surface area contributed by atoms with Crippen molar-refractivity contribution in [3.63, 3.8) is 0 Å². The molecule has 0 heterocycles. The van der Waals surface area contributed by atoms with Crippen LogP contribution in [0, 0.1) is 0 Å². The number of hydrogen-bond acceptors (Lipinski definition) is 2. The van der Waals surface area contributed by atoms with Crippen LogP contribution in [0.25, 0.3) is 0 Å². The van der Waals surface area contributed by atoms with Crippen LogP contribution in [0.1, 0.15) is 0 Å². The quantitative estimate of drug-likeness (QED) is 0.640. The summed E-state index contributed by atoms with van der Waals surface area (Å²) in [5, 5.41) is 9.78. The molecule has 14 heavy (non-hydrogen) atoms. The van der Waals surface area contributed by atoms with E-state index in [4.69, 9.17) is 5.11 Å². The first-order valence-corrected chi connectivity index (χ1v) is 3.88. The molecule has 0 fully saturated rings. The van der Waals surface area contributed by atoms with E-state index in [1.54, 1.807) is 0 Å². The van der Waals surface area contributed by atoms with Crippen LogP contribution in [0.3, 0.4) is 0 Å². The van der Waals surface area contributed by atoms with E-state index in [0.29, 0.717) is 0 Å². The van der Waals surface area contributed by atoms with Crippen LogP contribution >= 0.6 is 0 Å². The first-order valence-electron chi connectivity index (χ1n) is 3.88. The summed E-state index contributed by atoms with van der Waals surface area (Å²) in [6.45, 7) is -0.421. The van der Waals surface area contributed by atoms with Gasteiger partial charge in [-0.2, -0.15) is 0 Å². The molecule has 1 aromatic carbocycles. The smallest absolute Gasteiger partial charge is 0.323 e. The average molecular weight is 196 g/mol. The Bertz CT molecular complexity index is 234. The molecule has 1 rings (SSSR count). The monoisotopic (exact) mass is 196 g/mol. The third kappa shape index (κ3) is 9.96. The van der Waals surface area contributed by atoms with E-state index < -0.39 is 18.5 Å². The van der Waals surface area contributed by atoms with Gasteiger partial charge in [-0.15, -0.1) is 0 Å². The Labute approximate surface area is 81.5 Å². The largest absolute Gasteiger partial charge is 0.480 e. The van der Waals surface area contributed by atoms with Crippen molar-refractivity contribution >= 4 is 12.0 Å². The molecule has 0 unspecified atom stereocenters. The Kier molecular flexibility index (Phi) is 6.49. The zero-order chi connectivity index (χ0) is 10.8. The minimum absolute atomic E-state index is 0.421. The molecule has 76 valence electrons. The molecule has 0 aliphatic heterocycles. The maximum atomic E-state index is 9.75. The van der Waals surface area contributed by atoms with Gasteiger partial charge < -0.3 is 16.2 Å². The van der Waals surface area contributed by atoms with Gasteiger partial charge in [0, 0.05) is 0 Å². The molecule has 0 bridgehead atoms. The van der Waals surface area contributed by atoms with Gasteiger partial charge in [0.25, 0.3) is 0 Å². The van der Waals surface area contributed by atoms with Gasteiger partial charge in [-0.3, -0.25) is 4.79 Å². The topological polar surface area (TPSA) is 92.4 Å². The van der Waals surface area contributed by atoms with Gasteiger partial charge in [0.1, 0.15) is 6.54 Å². The number of rotatable bonds is 2. The first-order chi connectivity index (χ1) is 6.63. The van der Waals surface area contributed by atoms with Gasteiger partial charge in [-0.05, 0) is 0 Å². The molecule has 5 heteroatoms. The third-order valence-electron chi connectivity index (χ3n) is 1.08. The molecular weight excluding hydrogens is 184 g/mol. The number of carbonyl (C=O) groups is 2. The summed E-state index contributed by atoms with van der Waals surface area (Å²) in [5.41, 5.74) is 4.53. The number of amides is 2. The molecule has 0 aromatic heterocycles. The Morgan fingerprint density at radius 3 is 1.57 bits per heavy atom. The van der Waals surface area contributed by atoms with Gasteiger partial charge in [-0.25, -0.2) is 4.79 Å². The number of carboxylic acids is 1. The molecule has 0 aliphatic rings. The first kappa shape index (κ1) is 12.0. The molecule has 0 spiro atoms. The fraction of sp³-hybridized carbons (Fsp3) is 0.111. The lowest BCUT2D eigenvalue weighted by Gasteiger charge is -1.92. The predicted octanol–water partition coefficient (Wildman–Crippen LogP) is 0.426. The van der Waals surface area contributed by atoms with Crippen molar-refractivity contribution in [2.45, 2.75) is 0 Å². The maximum Gasteiger partial charge on any atom is 0.323 e. The highest BCUT2D eigenvalue weighted by Crippen LogP contribution is 1.79. The predicted molar refractivity (Wildman–Crippen MR) is 51.7 cm³/mol.